The van der Waals surface area contributed by atoms with Crippen LogP contribution in [0.25, 0.3) is 11.1 Å². The molecule has 1 aromatic carbocycles. The molecular formula is C21H14ClF3N4O2S. The summed E-state index contributed by atoms with van der Waals surface area (Å²) < 4.78 is 45.1. The molecule has 1 N–H and O–H groups in total. The number of carbonyl (C=O) groups is 1. The number of nitrogens with one attached hydrogen (secondary N) is 1. The Labute approximate surface area is 189 Å². The number of rotatable bonds is 4. The van der Waals surface area contributed by atoms with Crippen LogP contribution < -0.4 is 10.1 Å². The molecule has 0 atom stereocenters. The molecule has 0 radical (unpaired) electrons. The number of ether oxygens (including phenoxy) is 1. The van der Waals surface area contributed by atoms with Gasteiger partial charge >= 0.3 is 6.18 Å². The van der Waals surface area contributed by atoms with Gasteiger partial charge in [-0.1, -0.05) is 28.9 Å². The first-order valence-corrected chi connectivity index (χ1v) is 10.5. The summed E-state index contributed by atoms with van der Waals surface area (Å²) in [5, 5.41) is 11.1. The van der Waals surface area contributed by atoms with E-state index >= 15 is 0 Å². The van der Waals surface area contributed by atoms with Crippen LogP contribution in [0.2, 0.25) is 5.15 Å². The third kappa shape index (κ3) is 5.00. The molecule has 0 saturated heterocycles. The molecule has 3 aromatic rings. The van der Waals surface area contributed by atoms with Gasteiger partial charge in [-0.25, -0.2) is 4.98 Å². The number of hydrogen-bond donors (Lipinski definition) is 1. The van der Waals surface area contributed by atoms with Gasteiger partial charge in [-0.05, 0) is 43.0 Å². The Bertz CT molecular complexity index is 1250. The van der Waals surface area contributed by atoms with E-state index in [1.54, 1.807) is 0 Å². The Morgan fingerprint density at radius 1 is 1.25 bits per heavy atom. The number of methoxy groups -OCH3 is 1. The topological polar surface area (TPSA) is 77.0 Å². The number of pyridine rings is 1. The smallest absolute Gasteiger partial charge is 0.416 e. The van der Waals surface area contributed by atoms with E-state index in [1.165, 1.54) is 25.4 Å². The lowest BCUT2D eigenvalue weighted by Gasteiger charge is -2.15. The van der Waals surface area contributed by atoms with Crippen molar-refractivity contribution in [1.82, 2.24) is 15.2 Å². The van der Waals surface area contributed by atoms with E-state index in [2.05, 4.69) is 32.3 Å². The van der Waals surface area contributed by atoms with Crippen molar-refractivity contribution >= 4 is 34.0 Å². The second kappa shape index (κ2) is 8.76. The molecule has 1 aliphatic rings. The maximum atomic E-state index is 13.3. The standard InChI is InChI=1S/C21H14ClF3N4O2S/c1-31-16-6-5-12(21(23,24)25)8-14(16)13-9-17(22)26-10-15(13)19(30)27-20-29-28-18(32-20)7-4-11-2-3-11/h5-6,8-11H,2-3H2,1H3,(H,27,29,30). The van der Waals surface area contributed by atoms with E-state index < -0.39 is 17.6 Å². The Morgan fingerprint density at radius 2 is 2.03 bits per heavy atom. The minimum atomic E-state index is -4.58. The number of amides is 1. The van der Waals surface area contributed by atoms with Crippen molar-refractivity contribution in [2.75, 3.05) is 12.4 Å². The Hall–Kier alpha value is -3.16. The molecule has 1 saturated carbocycles. The average Bonchev–Trinajstić information content (AvgIpc) is 3.49. The van der Waals surface area contributed by atoms with Crippen molar-refractivity contribution in [2.24, 2.45) is 5.92 Å². The van der Waals surface area contributed by atoms with Crippen molar-refractivity contribution in [3.8, 4) is 28.7 Å². The molecule has 0 bridgehead atoms. The second-order valence-corrected chi connectivity index (χ2v) is 8.24. The summed E-state index contributed by atoms with van der Waals surface area (Å²) in [6.45, 7) is 0. The van der Waals surface area contributed by atoms with Crippen molar-refractivity contribution < 1.29 is 22.7 Å². The van der Waals surface area contributed by atoms with Crippen molar-refractivity contribution in [2.45, 2.75) is 19.0 Å². The molecule has 11 heteroatoms. The molecule has 0 spiro atoms. The number of hydrogen-bond acceptors (Lipinski definition) is 6. The summed E-state index contributed by atoms with van der Waals surface area (Å²) in [5.41, 5.74) is -0.725. The largest absolute Gasteiger partial charge is 0.496 e. The van der Waals surface area contributed by atoms with E-state index in [4.69, 9.17) is 16.3 Å². The van der Waals surface area contributed by atoms with Gasteiger partial charge in [0, 0.05) is 23.2 Å². The molecule has 2 heterocycles. The van der Waals surface area contributed by atoms with Crippen LogP contribution in [0.1, 0.15) is 33.8 Å². The van der Waals surface area contributed by atoms with E-state index in [0.29, 0.717) is 10.9 Å². The van der Waals surface area contributed by atoms with E-state index in [9.17, 15) is 18.0 Å². The van der Waals surface area contributed by atoms with Crippen molar-refractivity contribution in [3.05, 3.63) is 51.7 Å². The highest BCUT2D eigenvalue weighted by Gasteiger charge is 2.32. The highest BCUT2D eigenvalue weighted by atomic mass is 35.5. The maximum absolute atomic E-state index is 13.3. The molecule has 1 fully saturated rings. The summed E-state index contributed by atoms with van der Waals surface area (Å²) in [5.74, 6) is 5.86. The van der Waals surface area contributed by atoms with Crippen LogP contribution in [0.3, 0.4) is 0 Å². The average molecular weight is 479 g/mol. The van der Waals surface area contributed by atoms with Crippen LogP contribution in [-0.2, 0) is 6.18 Å². The molecule has 164 valence electrons. The second-order valence-electron chi connectivity index (χ2n) is 6.88. The quantitative estimate of drug-likeness (QED) is 0.407. The minimum Gasteiger partial charge on any atom is -0.496 e. The van der Waals surface area contributed by atoms with Gasteiger partial charge in [0.2, 0.25) is 5.13 Å². The lowest BCUT2D eigenvalue weighted by Crippen LogP contribution is -2.14. The van der Waals surface area contributed by atoms with Crippen LogP contribution >= 0.6 is 22.9 Å². The first kappa shape index (κ1) is 22.0. The number of halogens is 4. The number of nitrogens with zero attached hydrogens (tertiary/aromatic N) is 3. The SMILES string of the molecule is COc1ccc(C(F)(F)F)cc1-c1cc(Cl)ncc1C(=O)Nc1nnc(C#CC2CC2)s1. The fourth-order valence-electron chi connectivity index (χ4n) is 2.81. The van der Waals surface area contributed by atoms with Crippen molar-refractivity contribution in [3.63, 3.8) is 0 Å². The fraction of sp³-hybridized carbons (Fsp3) is 0.238. The Morgan fingerprint density at radius 3 is 2.72 bits per heavy atom. The Kier molecular flexibility index (Phi) is 6.04. The summed E-state index contributed by atoms with van der Waals surface area (Å²) in [6, 6.07) is 4.29. The van der Waals surface area contributed by atoms with E-state index in [0.717, 1.165) is 36.3 Å². The van der Waals surface area contributed by atoms with Gasteiger partial charge in [0.15, 0.2) is 5.01 Å². The summed E-state index contributed by atoms with van der Waals surface area (Å²) in [7, 11) is 1.32. The number of aromatic nitrogens is 3. The molecule has 0 aliphatic heterocycles. The first-order valence-electron chi connectivity index (χ1n) is 9.32. The van der Waals surface area contributed by atoms with Gasteiger partial charge in [0.25, 0.3) is 5.91 Å². The monoisotopic (exact) mass is 478 g/mol. The number of alkyl halides is 3. The highest BCUT2D eigenvalue weighted by molar-refractivity contribution is 7.15. The van der Waals surface area contributed by atoms with Gasteiger partial charge in [-0.2, -0.15) is 13.2 Å². The van der Waals surface area contributed by atoms with Crippen LogP contribution in [0, 0.1) is 17.8 Å². The fourth-order valence-corrected chi connectivity index (χ4v) is 3.57. The van der Waals surface area contributed by atoms with Gasteiger partial charge in [-0.3, -0.25) is 10.1 Å². The lowest BCUT2D eigenvalue weighted by molar-refractivity contribution is -0.137. The van der Waals surface area contributed by atoms with Gasteiger partial charge in [0.05, 0.1) is 18.2 Å². The highest BCUT2D eigenvalue weighted by Crippen LogP contribution is 2.39. The van der Waals surface area contributed by atoms with Crippen LogP contribution in [-0.4, -0.2) is 28.2 Å². The summed E-state index contributed by atoms with van der Waals surface area (Å²) in [4.78, 5) is 16.8. The normalized spacial score (nSPS) is 13.3. The van der Waals surface area contributed by atoms with Gasteiger partial charge in [0.1, 0.15) is 10.9 Å². The zero-order valence-electron chi connectivity index (χ0n) is 16.5. The van der Waals surface area contributed by atoms with Crippen LogP contribution in [0.5, 0.6) is 5.75 Å². The molecule has 32 heavy (non-hydrogen) atoms. The predicted molar refractivity (Wildman–Crippen MR) is 114 cm³/mol. The molecule has 1 amide bonds. The molecular weight excluding hydrogens is 465 g/mol. The summed E-state index contributed by atoms with van der Waals surface area (Å²) in [6.07, 6.45) is -1.26. The zero-order chi connectivity index (χ0) is 22.9. The maximum Gasteiger partial charge on any atom is 0.416 e. The zero-order valence-corrected chi connectivity index (χ0v) is 18.0. The first-order chi connectivity index (χ1) is 15.2. The number of benzene rings is 1. The Balaban J connectivity index is 1.68. The molecule has 0 unspecified atom stereocenters. The van der Waals surface area contributed by atoms with Crippen molar-refractivity contribution in [1.29, 1.82) is 0 Å². The number of anilines is 1. The molecule has 6 nitrogen and oxygen atoms in total. The third-order valence-corrected chi connectivity index (χ3v) is 5.50. The van der Waals surface area contributed by atoms with Gasteiger partial charge < -0.3 is 4.74 Å². The van der Waals surface area contributed by atoms with E-state index in [1.807, 2.05) is 0 Å². The predicted octanol–water partition coefficient (Wildman–Crippen LogP) is 5.29. The molecule has 4 rings (SSSR count). The van der Waals surface area contributed by atoms with Crippen LogP contribution in [0.15, 0.2) is 30.5 Å². The third-order valence-electron chi connectivity index (χ3n) is 4.54. The van der Waals surface area contributed by atoms with Gasteiger partial charge in [-0.15, -0.1) is 10.2 Å². The lowest BCUT2D eigenvalue weighted by atomic mass is 9.98. The minimum absolute atomic E-state index is 0.00423. The number of carbonyl (C=O) groups excluding carboxylic acids is 1. The molecule has 1 aliphatic carbocycles. The van der Waals surface area contributed by atoms with E-state index in [-0.39, 0.29) is 32.7 Å². The van der Waals surface area contributed by atoms with Crippen LogP contribution in [0.4, 0.5) is 18.3 Å². The summed E-state index contributed by atoms with van der Waals surface area (Å²) >= 11 is 7.08. The molecule has 2 aromatic heterocycles.